The van der Waals surface area contributed by atoms with Gasteiger partial charge in [-0.05, 0) is 56.2 Å². The maximum absolute atomic E-state index is 13.0. The monoisotopic (exact) mass is 426 g/mol. The van der Waals surface area contributed by atoms with Crippen molar-refractivity contribution in [1.82, 2.24) is 10.6 Å². The number of hydrogen-bond donors (Lipinski definition) is 2. The molecule has 0 radical (unpaired) electrons. The fourth-order valence-electron chi connectivity index (χ4n) is 3.32. The minimum Gasteiger partial charge on any atom is -0.490 e. The largest absolute Gasteiger partial charge is 0.490 e. The molecule has 2 aromatic rings. The van der Waals surface area contributed by atoms with Crippen LogP contribution in [-0.4, -0.2) is 30.9 Å². The highest BCUT2D eigenvalue weighted by atomic mass is 32.1. The number of thiocarbonyl (C=S) groups is 1. The molecule has 2 aromatic carbocycles. The summed E-state index contributed by atoms with van der Waals surface area (Å²) in [7, 11) is 0. The van der Waals surface area contributed by atoms with Crippen molar-refractivity contribution in [2.45, 2.75) is 26.8 Å². The van der Waals surface area contributed by atoms with Crippen LogP contribution >= 0.6 is 12.2 Å². The normalized spacial score (nSPS) is 15.8. The lowest BCUT2D eigenvalue weighted by molar-refractivity contribution is -0.138. The molecule has 7 heteroatoms. The summed E-state index contributed by atoms with van der Waals surface area (Å²) in [5.41, 5.74) is 2.77. The molecule has 0 spiro atoms. The van der Waals surface area contributed by atoms with E-state index in [2.05, 4.69) is 10.6 Å². The van der Waals surface area contributed by atoms with Crippen molar-refractivity contribution in [2.75, 3.05) is 19.8 Å². The summed E-state index contributed by atoms with van der Waals surface area (Å²) in [4.78, 5) is 13.0. The highest BCUT2D eigenvalue weighted by Crippen LogP contribution is 2.36. The first-order valence-corrected chi connectivity index (χ1v) is 10.4. The van der Waals surface area contributed by atoms with Gasteiger partial charge in [0, 0.05) is 0 Å². The number of hydrogen-bond acceptors (Lipinski definition) is 5. The van der Waals surface area contributed by atoms with Crippen LogP contribution in [0, 0.1) is 0 Å². The van der Waals surface area contributed by atoms with Crippen LogP contribution in [0.3, 0.4) is 0 Å². The van der Waals surface area contributed by atoms with Gasteiger partial charge in [0.15, 0.2) is 16.6 Å². The molecule has 1 aliphatic rings. The van der Waals surface area contributed by atoms with Crippen LogP contribution in [-0.2, 0) is 9.53 Å². The molecule has 6 nitrogen and oxygen atoms in total. The predicted molar refractivity (Wildman–Crippen MR) is 120 cm³/mol. The van der Waals surface area contributed by atoms with E-state index in [0.29, 0.717) is 41.1 Å². The van der Waals surface area contributed by atoms with E-state index in [1.165, 1.54) is 0 Å². The van der Waals surface area contributed by atoms with E-state index in [9.17, 15) is 4.79 Å². The number of carbonyl (C=O) groups excluding carboxylic acids is 1. The molecule has 0 saturated carbocycles. The first-order valence-electron chi connectivity index (χ1n) is 10.0. The van der Waals surface area contributed by atoms with E-state index in [1.54, 1.807) is 6.92 Å². The van der Waals surface area contributed by atoms with Gasteiger partial charge in [-0.25, -0.2) is 4.79 Å². The van der Waals surface area contributed by atoms with Gasteiger partial charge in [0.25, 0.3) is 0 Å². The van der Waals surface area contributed by atoms with Crippen molar-refractivity contribution in [3.63, 3.8) is 0 Å². The highest BCUT2D eigenvalue weighted by Gasteiger charge is 2.33. The zero-order valence-electron chi connectivity index (χ0n) is 17.4. The Balaban J connectivity index is 2.14. The molecule has 30 heavy (non-hydrogen) atoms. The number of rotatable bonds is 8. The van der Waals surface area contributed by atoms with Crippen LogP contribution < -0.4 is 20.1 Å². The molecule has 1 heterocycles. The Morgan fingerprint density at radius 2 is 1.67 bits per heavy atom. The lowest BCUT2D eigenvalue weighted by Crippen LogP contribution is -2.45. The van der Waals surface area contributed by atoms with E-state index in [-0.39, 0.29) is 6.61 Å². The third kappa shape index (κ3) is 4.74. The zero-order chi connectivity index (χ0) is 21.5. The fourth-order valence-corrected chi connectivity index (χ4v) is 3.54. The van der Waals surface area contributed by atoms with Gasteiger partial charge in [0.1, 0.15) is 0 Å². The Morgan fingerprint density at radius 3 is 2.33 bits per heavy atom. The van der Waals surface area contributed by atoms with Crippen molar-refractivity contribution in [1.29, 1.82) is 0 Å². The molecule has 2 N–H and O–H groups in total. The Bertz CT molecular complexity index is 943. The average molecular weight is 427 g/mol. The molecule has 0 saturated heterocycles. The summed E-state index contributed by atoms with van der Waals surface area (Å²) in [6.07, 6.45) is 0. The van der Waals surface area contributed by atoms with Crippen molar-refractivity contribution >= 4 is 29.0 Å². The summed E-state index contributed by atoms with van der Waals surface area (Å²) < 4.78 is 16.8. The molecule has 1 unspecified atom stereocenters. The molecule has 0 amide bonds. The number of nitrogens with one attached hydrogen (secondary N) is 2. The minimum absolute atomic E-state index is 0.273. The lowest BCUT2D eigenvalue weighted by atomic mass is 9.92. The number of ether oxygens (including phenoxy) is 3. The second-order valence-electron chi connectivity index (χ2n) is 6.48. The summed E-state index contributed by atoms with van der Waals surface area (Å²) >= 11 is 5.45. The molecule has 158 valence electrons. The van der Waals surface area contributed by atoms with E-state index in [1.807, 2.05) is 62.4 Å². The average Bonchev–Trinajstić information content (AvgIpc) is 2.75. The van der Waals surface area contributed by atoms with Crippen molar-refractivity contribution in [2.24, 2.45) is 0 Å². The summed E-state index contributed by atoms with van der Waals surface area (Å²) in [5, 5.41) is 6.77. The Kier molecular flexibility index (Phi) is 7.30. The van der Waals surface area contributed by atoms with Gasteiger partial charge in [-0.15, -0.1) is 0 Å². The van der Waals surface area contributed by atoms with Crippen molar-refractivity contribution < 1.29 is 19.0 Å². The molecular formula is C23H26N2O4S. The van der Waals surface area contributed by atoms with Gasteiger partial charge in [-0.1, -0.05) is 36.4 Å². The lowest BCUT2D eigenvalue weighted by Gasteiger charge is -2.31. The molecule has 1 aliphatic heterocycles. The SMILES string of the molecule is CCOC(=O)C1=C(c2ccccc2)NC(=S)NC1c1ccc(OCC)c(OCC)c1. The molecule has 0 bridgehead atoms. The van der Waals surface area contributed by atoms with Crippen LogP contribution in [0.1, 0.15) is 37.9 Å². The Labute approximate surface area is 182 Å². The first kappa shape index (κ1) is 21.6. The summed E-state index contributed by atoms with van der Waals surface area (Å²) in [6.45, 7) is 6.92. The highest BCUT2D eigenvalue weighted by molar-refractivity contribution is 7.80. The quantitative estimate of drug-likeness (QED) is 0.489. The summed E-state index contributed by atoms with van der Waals surface area (Å²) in [6, 6.07) is 14.7. The smallest absolute Gasteiger partial charge is 0.338 e. The van der Waals surface area contributed by atoms with E-state index in [0.717, 1.165) is 11.1 Å². The minimum atomic E-state index is -0.497. The molecule has 0 aromatic heterocycles. The zero-order valence-corrected chi connectivity index (χ0v) is 18.2. The number of esters is 1. The van der Waals surface area contributed by atoms with E-state index < -0.39 is 12.0 Å². The Hall–Kier alpha value is -3.06. The van der Waals surface area contributed by atoms with Crippen LogP contribution in [0.5, 0.6) is 11.5 Å². The van der Waals surface area contributed by atoms with Gasteiger partial charge >= 0.3 is 5.97 Å². The van der Waals surface area contributed by atoms with E-state index in [4.69, 9.17) is 26.4 Å². The van der Waals surface area contributed by atoms with Crippen molar-refractivity contribution in [3.8, 4) is 11.5 Å². The topological polar surface area (TPSA) is 68.8 Å². The maximum Gasteiger partial charge on any atom is 0.338 e. The van der Waals surface area contributed by atoms with Gasteiger partial charge < -0.3 is 24.8 Å². The van der Waals surface area contributed by atoms with Gasteiger partial charge in [0.2, 0.25) is 0 Å². The Morgan fingerprint density at radius 1 is 0.967 bits per heavy atom. The second kappa shape index (κ2) is 10.1. The molecule has 0 fully saturated rings. The first-order chi connectivity index (χ1) is 14.6. The van der Waals surface area contributed by atoms with E-state index >= 15 is 0 Å². The van der Waals surface area contributed by atoms with Crippen LogP contribution in [0.4, 0.5) is 0 Å². The van der Waals surface area contributed by atoms with Gasteiger partial charge in [-0.2, -0.15) is 0 Å². The van der Waals surface area contributed by atoms with Crippen LogP contribution in [0.2, 0.25) is 0 Å². The van der Waals surface area contributed by atoms with Gasteiger partial charge in [0.05, 0.1) is 37.1 Å². The molecule has 0 aliphatic carbocycles. The number of carbonyl (C=O) groups is 1. The standard InChI is InChI=1S/C23H26N2O4S/c1-4-27-17-13-12-16(14-18(17)28-5-2)21-19(22(26)29-6-3)20(24-23(30)25-21)15-10-8-7-9-11-15/h7-14,21H,4-6H2,1-3H3,(H2,24,25,30). The third-order valence-electron chi connectivity index (χ3n) is 4.53. The third-order valence-corrected chi connectivity index (χ3v) is 4.75. The summed E-state index contributed by atoms with van der Waals surface area (Å²) in [5.74, 6) is 0.868. The van der Waals surface area contributed by atoms with Crippen LogP contribution in [0.15, 0.2) is 54.1 Å². The second-order valence-corrected chi connectivity index (χ2v) is 6.89. The maximum atomic E-state index is 13.0. The number of benzene rings is 2. The van der Waals surface area contributed by atoms with Crippen molar-refractivity contribution in [3.05, 3.63) is 65.2 Å². The van der Waals surface area contributed by atoms with Gasteiger partial charge in [-0.3, -0.25) is 0 Å². The van der Waals surface area contributed by atoms with Crippen LogP contribution in [0.25, 0.3) is 5.70 Å². The predicted octanol–water partition coefficient (Wildman–Crippen LogP) is 3.98. The molecule has 3 rings (SSSR count). The molecule has 1 atom stereocenters. The molecular weight excluding hydrogens is 400 g/mol. The fraction of sp³-hybridized carbons (Fsp3) is 0.304.